The van der Waals surface area contributed by atoms with Gasteiger partial charge in [-0.05, 0) is 19.8 Å². The fourth-order valence-corrected chi connectivity index (χ4v) is 2.22. The minimum absolute atomic E-state index is 0.0368. The highest BCUT2D eigenvalue weighted by molar-refractivity contribution is 6.17. The van der Waals surface area contributed by atoms with Gasteiger partial charge in [0.15, 0.2) is 11.7 Å². The van der Waals surface area contributed by atoms with Crippen LogP contribution >= 0.6 is 0 Å². The quantitative estimate of drug-likeness (QED) is 0.166. The molecular formula is C16H22N4O5. The number of ketones is 1. The van der Waals surface area contributed by atoms with Crippen LogP contribution < -0.4 is 16.8 Å². The summed E-state index contributed by atoms with van der Waals surface area (Å²) in [6.07, 6.45) is -1.03. The molecule has 1 aromatic carbocycles. The maximum absolute atomic E-state index is 12.8. The van der Waals surface area contributed by atoms with Gasteiger partial charge in [-0.2, -0.15) is 0 Å². The van der Waals surface area contributed by atoms with Crippen LogP contribution in [0.25, 0.3) is 0 Å². The first-order valence-corrected chi connectivity index (χ1v) is 7.67. The molecule has 1 rings (SSSR count). The Hall–Kier alpha value is -3.10. The number of alkyl carbamates (subject to hydrolysis) is 1. The number of amides is 1. The van der Waals surface area contributed by atoms with E-state index in [4.69, 9.17) is 16.2 Å². The Morgan fingerprint density at radius 1 is 1.24 bits per heavy atom. The number of guanidine groups is 1. The molecule has 0 fully saturated rings. The lowest BCUT2D eigenvalue weighted by molar-refractivity contribution is -0.142. The van der Waals surface area contributed by atoms with Gasteiger partial charge in [-0.25, -0.2) is 9.59 Å². The van der Waals surface area contributed by atoms with Gasteiger partial charge in [-0.1, -0.05) is 30.3 Å². The van der Waals surface area contributed by atoms with E-state index in [2.05, 4.69) is 10.3 Å². The molecule has 0 aliphatic rings. The van der Waals surface area contributed by atoms with Gasteiger partial charge in [0.2, 0.25) is 5.54 Å². The van der Waals surface area contributed by atoms with E-state index in [1.807, 2.05) is 0 Å². The number of ether oxygens (including phenoxy) is 1. The lowest BCUT2D eigenvalue weighted by atomic mass is 9.85. The second kappa shape index (κ2) is 9.26. The van der Waals surface area contributed by atoms with Crippen molar-refractivity contribution in [1.29, 1.82) is 0 Å². The first-order valence-electron chi connectivity index (χ1n) is 7.67. The van der Waals surface area contributed by atoms with E-state index >= 15 is 0 Å². The number of carboxylic acid groups (broad SMARTS) is 1. The highest BCUT2D eigenvalue weighted by Gasteiger charge is 2.47. The molecule has 0 unspecified atom stereocenters. The Morgan fingerprint density at radius 2 is 1.88 bits per heavy atom. The van der Waals surface area contributed by atoms with Crippen LogP contribution in [-0.4, -0.2) is 47.6 Å². The number of carbonyl (C=O) groups excluding carboxylic acids is 2. The Morgan fingerprint density at radius 3 is 2.40 bits per heavy atom. The summed E-state index contributed by atoms with van der Waals surface area (Å²) in [7, 11) is 0. The molecule has 1 atom stereocenters. The third-order valence-corrected chi connectivity index (χ3v) is 3.38. The topological polar surface area (TPSA) is 157 Å². The number of nitrogens with one attached hydrogen (secondary N) is 1. The molecule has 6 N–H and O–H groups in total. The first-order chi connectivity index (χ1) is 11.8. The van der Waals surface area contributed by atoms with Crippen molar-refractivity contribution >= 4 is 23.8 Å². The minimum Gasteiger partial charge on any atom is -0.479 e. The number of aliphatic carboxylic acids is 1. The number of carbonyl (C=O) groups is 3. The number of hydrogen-bond donors (Lipinski definition) is 4. The molecule has 136 valence electrons. The average Bonchev–Trinajstić information content (AvgIpc) is 2.57. The molecule has 0 saturated carbocycles. The van der Waals surface area contributed by atoms with E-state index in [0.717, 1.165) is 0 Å². The molecule has 0 aliphatic carbocycles. The van der Waals surface area contributed by atoms with Crippen LogP contribution in [-0.2, 0) is 9.53 Å². The predicted octanol–water partition coefficient (Wildman–Crippen LogP) is 0.492. The van der Waals surface area contributed by atoms with E-state index in [1.165, 1.54) is 12.1 Å². The zero-order valence-electron chi connectivity index (χ0n) is 13.9. The zero-order chi connectivity index (χ0) is 18.9. The molecule has 0 saturated heterocycles. The van der Waals surface area contributed by atoms with Crippen molar-refractivity contribution in [2.75, 3.05) is 13.2 Å². The Labute approximate surface area is 145 Å². The lowest BCUT2D eigenvalue weighted by Crippen LogP contribution is -2.60. The summed E-state index contributed by atoms with van der Waals surface area (Å²) in [5, 5.41) is 11.9. The van der Waals surface area contributed by atoms with Crippen molar-refractivity contribution in [2.45, 2.75) is 25.3 Å². The van der Waals surface area contributed by atoms with Crippen LogP contribution in [0.15, 0.2) is 35.3 Å². The molecule has 1 amide bonds. The van der Waals surface area contributed by atoms with Crippen LogP contribution in [0.5, 0.6) is 0 Å². The summed E-state index contributed by atoms with van der Waals surface area (Å²) in [6.45, 7) is 1.72. The number of benzene rings is 1. The highest BCUT2D eigenvalue weighted by atomic mass is 16.5. The van der Waals surface area contributed by atoms with Crippen LogP contribution in [0.1, 0.15) is 30.1 Å². The number of carboxylic acids is 1. The number of Topliss-reactive ketones (excluding diaryl/α,β-unsaturated/α-hetero) is 1. The van der Waals surface area contributed by atoms with Gasteiger partial charge in [-0.3, -0.25) is 15.1 Å². The summed E-state index contributed by atoms with van der Waals surface area (Å²) in [5.41, 5.74) is 8.44. The lowest BCUT2D eigenvalue weighted by Gasteiger charge is -2.28. The van der Waals surface area contributed by atoms with E-state index in [-0.39, 0.29) is 37.5 Å². The summed E-state index contributed by atoms with van der Waals surface area (Å²) < 4.78 is 4.74. The number of nitrogens with two attached hydrogens (primary N) is 2. The van der Waals surface area contributed by atoms with Crippen LogP contribution in [0, 0.1) is 0 Å². The number of aliphatic imine (C=N–C) groups is 1. The molecule has 0 bridgehead atoms. The van der Waals surface area contributed by atoms with Crippen molar-refractivity contribution in [3.8, 4) is 0 Å². The minimum atomic E-state index is -2.17. The van der Waals surface area contributed by atoms with Crippen LogP contribution in [0.2, 0.25) is 0 Å². The van der Waals surface area contributed by atoms with Crippen molar-refractivity contribution in [3.05, 3.63) is 35.9 Å². The van der Waals surface area contributed by atoms with Crippen molar-refractivity contribution in [2.24, 2.45) is 16.5 Å². The number of hydrogen-bond acceptors (Lipinski definition) is 5. The second-order valence-corrected chi connectivity index (χ2v) is 5.16. The number of nitrogens with zero attached hydrogens (tertiary/aromatic N) is 1. The normalized spacial score (nSPS) is 12.5. The van der Waals surface area contributed by atoms with E-state index in [1.54, 1.807) is 25.1 Å². The van der Waals surface area contributed by atoms with Crippen molar-refractivity contribution < 1.29 is 24.2 Å². The highest BCUT2D eigenvalue weighted by Crippen LogP contribution is 2.21. The third kappa shape index (κ3) is 5.48. The van der Waals surface area contributed by atoms with Gasteiger partial charge in [0.05, 0.1) is 6.61 Å². The van der Waals surface area contributed by atoms with E-state index in [9.17, 15) is 19.5 Å². The van der Waals surface area contributed by atoms with Crippen molar-refractivity contribution in [1.82, 2.24) is 5.32 Å². The molecule has 25 heavy (non-hydrogen) atoms. The molecule has 1 aromatic rings. The molecule has 0 heterocycles. The standard InChI is InChI=1S/C16H22N4O5/c1-2-25-15(24)20-16(13(22)23,9-6-10-19-14(17)18)12(21)11-7-4-3-5-8-11/h3-5,7-8H,2,6,9-10H2,1H3,(H,20,24)(H,22,23)(H4,17,18,19)/t16-/m1/s1. The van der Waals surface area contributed by atoms with Crippen LogP contribution in [0.3, 0.4) is 0 Å². The van der Waals surface area contributed by atoms with Gasteiger partial charge in [0, 0.05) is 12.1 Å². The second-order valence-electron chi connectivity index (χ2n) is 5.16. The molecule has 0 aliphatic heterocycles. The maximum Gasteiger partial charge on any atom is 0.408 e. The Bertz CT molecular complexity index is 643. The fraction of sp³-hybridized carbons (Fsp3) is 0.375. The molecular weight excluding hydrogens is 328 g/mol. The van der Waals surface area contributed by atoms with Gasteiger partial charge in [-0.15, -0.1) is 0 Å². The van der Waals surface area contributed by atoms with Gasteiger partial charge < -0.3 is 21.3 Å². The van der Waals surface area contributed by atoms with Gasteiger partial charge in [0.1, 0.15) is 0 Å². The predicted molar refractivity (Wildman–Crippen MR) is 91.2 cm³/mol. The summed E-state index contributed by atoms with van der Waals surface area (Å²) in [4.78, 5) is 40.3. The Kier molecular flexibility index (Phi) is 7.39. The third-order valence-electron chi connectivity index (χ3n) is 3.38. The molecule has 0 radical (unpaired) electrons. The summed E-state index contributed by atoms with van der Waals surface area (Å²) in [5.74, 6) is -2.38. The zero-order valence-corrected chi connectivity index (χ0v) is 13.9. The SMILES string of the molecule is CCOC(=O)N[C@@](CCCN=C(N)N)(C(=O)O)C(=O)c1ccccc1. The Balaban J connectivity index is 3.15. The first kappa shape index (κ1) is 19.9. The van der Waals surface area contributed by atoms with E-state index < -0.39 is 23.4 Å². The van der Waals surface area contributed by atoms with Gasteiger partial charge in [0.25, 0.3) is 0 Å². The smallest absolute Gasteiger partial charge is 0.408 e. The van der Waals surface area contributed by atoms with Gasteiger partial charge >= 0.3 is 12.1 Å². The maximum atomic E-state index is 12.8. The van der Waals surface area contributed by atoms with Crippen LogP contribution in [0.4, 0.5) is 4.79 Å². The van der Waals surface area contributed by atoms with E-state index in [0.29, 0.717) is 0 Å². The summed E-state index contributed by atoms with van der Waals surface area (Å²) in [6, 6.07) is 7.84. The molecule has 9 nitrogen and oxygen atoms in total. The number of rotatable bonds is 9. The molecule has 0 aromatic heterocycles. The fourth-order valence-electron chi connectivity index (χ4n) is 2.22. The average molecular weight is 350 g/mol. The van der Waals surface area contributed by atoms with Crippen molar-refractivity contribution in [3.63, 3.8) is 0 Å². The summed E-state index contributed by atoms with van der Waals surface area (Å²) >= 11 is 0. The molecule has 9 heteroatoms. The largest absolute Gasteiger partial charge is 0.479 e. The monoisotopic (exact) mass is 350 g/mol. The molecule has 0 spiro atoms.